The molecule has 0 spiro atoms. The van der Waals surface area contributed by atoms with Gasteiger partial charge in [0.1, 0.15) is 0 Å². The molecule has 1 fully saturated rings. The first kappa shape index (κ1) is 14.5. The van der Waals surface area contributed by atoms with Gasteiger partial charge in [-0.15, -0.1) is 0 Å². The Morgan fingerprint density at radius 1 is 1.31 bits per heavy atom. The number of alkyl halides is 1. The largest absolute Gasteiger partial charge is 0.214 e. The van der Waals surface area contributed by atoms with E-state index in [0.29, 0.717) is 5.92 Å². The van der Waals surface area contributed by atoms with Crippen molar-refractivity contribution in [3.05, 3.63) is 0 Å². The summed E-state index contributed by atoms with van der Waals surface area (Å²) in [6.07, 6.45) is 4.61. The first-order valence-corrected chi connectivity index (χ1v) is 8.71. The molecule has 1 atom stereocenters. The molecule has 0 aliphatic heterocycles. The summed E-state index contributed by atoms with van der Waals surface area (Å²) in [4.78, 5) is 0. The van der Waals surface area contributed by atoms with E-state index in [1.165, 1.54) is 0 Å². The van der Waals surface area contributed by atoms with Gasteiger partial charge in [0.2, 0.25) is 10.0 Å². The molecule has 1 aliphatic rings. The Morgan fingerprint density at radius 3 is 2.31 bits per heavy atom. The van der Waals surface area contributed by atoms with Crippen molar-refractivity contribution >= 4 is 26.0 Å². The molecule has 96 valence electrons. The molecule has 0 bridgehead atoms. The Balaban J connectivity index is 2.61. The van der Waals surface area contributed by atoms with Crippen LogP contribution < -0.4 is 4.72 Å². The molecule has 3 nitrogen and oxygen atoms in total. The molecule has 1 aliphatic carbocycles. The van der Waals surface area contributed by atoms with E-state index < -0.39 is 10.0 Å². The molecule has 0 amide bonds. The fourth-order valence-electron chi connectivity index (χ4n) is 2.15. The lowest BCUT2D eigenvalue weighted by Crippen LogP contribution is -2.43. The molecule has 0 radical (unpaired) electrons. The summed E-state index contributed by atoms with van der Waals surface area (Å²) in [7, 11) is -3.10. The second-order valence-electron chi connectivity index (χ2n) is 4.90. The Kier molecular flexibility index (Phi) is 5.74. The molecule has 0 saturated heterocycles. The minimum absolute atomic E-state index is 0.0602. The lowest BCUT2D eigenvalue weighted by Gasteiger charge is -2.23. The van der Waals surface area contributed by atoms with Crippen molar-refractivity contribution in [2.24, 2.45) is 5.92 Å². The van der Waals surface area contributed by atoms with Gasteiger partial charge in [-0.05, 0) is 25.2 Å². The Labute approximate surface area is 108 Å². The average molecular weight is 312 g/mol. The highest BCUT2D eigenvalue weighted by molar-refractivity contribution is 9.09. The van der Waals surface area contributed by atoms with E-state index in [2.05, 4.69) is 34.5 Å². The van der Waals surface area contributed by atoms with Crippen molar-refractivity contribution in [2.75, 3.05) is 5.33 Å². The van der Waals surface area contributed by atoms with E-state index in [9.17, 15) is 8.42 Å². The molecule has 1 saturated carbocycles. The monoisotopic (exact) mass is 311 g/mol. The van der Waals surface area contributed by atoms with Gasteiger partial charge >= 0.3 is 0 Å². The first-order valence-electron chi connectivity index (χ1n) is 6.04. The van der Waals surface area contributed by atoms with E-state index in [1.54, 1.807) is 0 Å². The van der Waals surface area contributed by atoms with Crippen molar-refractivity contribution in [3.63, 3.8) is 0 Å². The van der Waals surface area contributed by atoms with Gasteiger partial charge in [0.15, 0.2) is 0 Å². The van der Waals surface area contributed by atoms with Crippen LogP contribution in [0.25, 0.3) is 0 Å². The minimum atomic E-state index is -3.10. The standard InChI is InChI=1S/C11H22BrNO2S/c1-9(2)11(7-8-12)13-16(14,15)10-5-3-4-6-10/h9-11,13H,3-8H2,1-2H3. The summed E-state index contributed by atoms with van der Waals surface area (Å²) >= 11 is 3.37. The van der Waals surface area contributed by atoms with Gasteiger partial charge in [-0.25, -0.2) is 13.1 Å². The number of nitrogens with one attached hydrogen (secondary N) is 1. The molecule has 5 heteroatoms. The zero-order valence-corrected chi connectivity index (χ0v) is 12.5. The van der Waals surface area contributed by atoms with Gasteiger partial charge in [0.25, 0.3) is 0 Å². The van der Waals surface area contributed by atoms with Crippen molar-refractivity contribution in [3.8, 4) is 0 Å². The maximum Gasteiger partial charge on any atom is 0.214 e. The number of halogens is 1. The molecule has 1 rings (SSSR count). The number of sulfonamides is 1. The van der Waals surface area contributed by atoms with Crippen molar-refractivity contribution in [1.82, 2.24) is 4.72 Å². The third-order valence-corrected chi connectivity index (χ3v) is 5.72. The zero-order chi connectivity index (χ0) is 12.2. The smallest absolute Gasteiger partial charge is 0.212 e. The minimum Gasteiger partial charge on any atom is -0.212 e. The van der Waals surface area contributed by atoms with Crippen LogP contribution in [0, 0.1) is 5.92 Å². The van der Waals surface area contributed by atoms with Gasteiger partial charge < -0.3 is 0 Å². The molecular formula is C11H22BrNO2S. The molecule has 1 unspecified atom stereocenters. The van der Waals surface area contributed by atoms with Crippen LogP contribution in [0.4, 0.5) is 0 Å². The predicted octanol–water partition coefficient (Wildman–Crippen LogP) is 2.66. The van der Waals surface area contributed by atoms with Crippen molar-refractivity contribution in [2.45, 2.75) is 57.2 Å². The van der Waals surface area contributed by atoms with Crippen molar-refractivity contribution in [1.29, 1.82) is 0 Å². The molecule has 0 aromatic rings. The van der Waals surface area contributed by atoms with Gasteiger partial charge in [-0.1, -0.05) is 42.6 Å². The second-order valence-corrected chi connectivity index (χ2v) is 7.68. The van der Waals surface area contributed by atoms with Gasteiger partial charge in [-0.2, -0.15) is 0 Å². The van der Waals surface area contributed by atoms with E-state index >= 15 is 0 Å². The predicted molar refractivity (Wildman–Crippen MR) is 71.3 cm³/mol. The molecular weight excluding hydrogens is 290 g/mol. The fraction of sp³-hybridized carbons (Fsp3) is 1.00. The highest BCUT2D eigenvalue weighted by Crippen LogP contribution is 2.25. The third kappa shape index (κ3) is 4.00. The zero-order valence-electron chi connectivity index (χ0n) is 10.1. The van der Waals surface area contributed by atoms with Crippen LogP contribution in [0.2, 0.25) is 0 Å². The fourth-order valence-corrected chi connectivity index (χ4v) is 4.60. The lowest BCUT2D eigenvalue weighted by atomic mass is 10.0. The highest BCUT2D eigenvalue weighted by Gasteiger charge is 2.31. The van der Waals surface area contributed by atoms with Crippen LogP contribution in [0.15, 0.2) is 0 Å². The van der Waals surface area contributed by atoms with E-state index in [1.807, 2.05) is 0 Å². The molecule has 0 aromatic carbocycles. The highest BCUT2D eigenvalue weighted by atomic mass is 79.9. The average Bonchev–Trinajstić information content (AvgIpc) is 2.69. The summed E-state index contributed by atoms with van der Waals surface area (Å²) in [5, 5.41) is 0.687. The van der Waals surface area contributed by atoms with Gasteiger partial charge in [0, 0.05) is 11.4 Å². The van der Waals surface area contributed by atoms with Gasteiger partial charge in [-0.3, -0.25) is 0 Å². The quantitative estimate of drug-likeness (QED) is 0.767. The summed E-state index contributed by atoms with van der Waals surface area (Å²) in [5.74, 6) is 0.341. The van der Waals surface area contributed by atoms with Gasteiger partial charge in [0.05, 0.1) is 5.25 Å². The summed E-state index contributed by atoms with van der Waals surface area (Å²) in [6.45, 7) is 4.12. The van der Waals surface area contributed by atoms with E-state index in [0.717, 1.165) is 37.4 Å². The molecule has 0 aromatic heterocycles. The first-order chi connectivity index (χ1) is 7.47. The van der Waals surface area contributed by atoms with Crippen LogP contribution in [0.1, 0.15) is 46.0 Å². The Hall–Kier alpha value is 0.390. The number of rotatable bonds is 6. The SMILES string of the molecule is CC(C)C(CCBr)NS(=O)(=O)C1CCCC1. The topological polar surface area (TPSA) is 46.2 Å². The Bertz CT molecular complexity index is 297. The summed E-state index contributed by atoms with van der Waals surface area (Å²) in [5.41, 5.74) is 0. The normalized spacial score (nSPS) is 20.5. The summed E-state index contributed by atoms with van der Waals surface area (Å²) < 4.78 is 27.1. The third-order valence-electron chi connectivity index (χ3n) is 3.28. The number of hydrogen-bond donors (Lipinski definition) is 1. The van der Waals surface area contributed by atoms with Crippen LogP contribution in [-0.4, -0.2) is 25.0 Å². The summed E-state index contributed by atoms with van der Waals surface area (Å²) in [6, 6.07) is 0.0602. The molecule has 0 heterocycles. The van der Waals surface area contributed by atoms with E-state index in [-0.39, 0.29) is 11.3 Å². The maximum absolute atomic E-state index is 12.1. The van der Waals surface area contributed by atoms with Crippen LogP contribution >= 0.6 is 15.9 Å². The lowest BCUT2D eigenvalue weighted by molar-refractivity contribution is 0.437. The van der Waals surface area contributed by atoms with Crippen LogP contribution in [0.3, 0.4) is 0 Å². The number of hydrogen-bond acceptors (Lipinski definition) is 2. The Morgan fingerprint density at radius 2 is 1.88 bits per heavy atom. The maximum atomic E-state index is 12.1. The van der Waals surface area contributed by atoms with Crippen LogP contribution in [0.5, 0.6) is 0 Å². The molecule has 1 N–H and O–H groups in total. The molecule has 16 heavy (non-hydrogen) atoms. The van der Waals surface area contributed by atoms with Crippen LogP contribution in [-0.2, 0) is 10.0 Å². The second kappa shape index (κ2) is 6.36. The van der Waals surface area contributed by atoms with E-state index in [4.69, 9.17) is 0 Å². The van der Waals surface area contributed by atoms with Crippen molar-refractivity contribution < 1.29 is 8.42 Å².